The maximum absolute atomic E-state index is 13.2. The maximum Gasteiger partial charge on any atom is 0.359 e. The number of ether oxygens (including phenoxy) is 2. The highest BCUT2D eigenvalue weighted by Crippen LogP contribution is 2.15. The van der Waals surface area contributed by atoms with E-state index in [1.165, 1.54) is 12.1 Å². The van der Waals surface area contributed by atoms with Crippen molar-refractivity contribution < 1.29 is 23.9 Å². The summed E-state index contributed by atoms with van der Waals surface area (Å²) in [5.74, 6) is -3.38. The van der Waals surface area contributed by atoms with E-state index in [0.717, 1.165) is 16.4 Å². The molecule has 0 atom stereocenters. The summed E-state index contributed by atoms with van der Waals surface area (Å²) in [6.07, 6.45) is 0. The molecule has 0 saturated heterocycles. The van der Waals surface area contributed by atoms with Crippen LogP contribution >= 0.6 is 0 Å². The third-order valence-electron chi connectivity index (χ3n) is 6.14. The molecule has 0 fully saturated rings. The van der Waals surface area contributed by atoms with Crippen molar-refractivity contribution in [3.8, 4) is 0 Å². The van der Waals surface area contributed by atoms with Gasteiger partial charge in [0.25, 0.3) is 11.1 Å². The number of carbonyl (C=O) groups excluding carboxylic acids is 3. The maximum atomic E-state index is 13.2. The fourth-order valence-corrected chi connectivity index (χ4v) is 4.10. The van der Waals surface area contributed by atoms with Gasteiger partial charge in [0.1, 0.15) is 17.9 Å². The van der Waals surface area contributed by atoms with E-state index in [-0.39, 0.29) is 29.6 Å². The van der Waals surface area contributed by atoms with Crippen molar-refractivity contribution >= 4 is 34.3 Å². The lowest BCUT2D eigenvalue weighted by molar-refractivity contribution is -0.141. The van der Waals surface area contributed by atoms with Gasteiger partial charge in [-0.2, -0.15) is 5.10 Å². The number of nitrogens with two attached hydrogens (primary N) is 1. The average Bonchev–Trinajstić information content (AvgIpc) is 2.97. The van der Waals surface area contributed by atoms with Crippen molar-refractivity contribution in [1.29, 1.82) is 0 Å². The average molecular weight is 548 g/mol. The van der Waals surface area contributed by atoms with Gasteiger partial charge < -0.3 is 15.2 Å². The Kier molecular flexibility index (Phi) is 8.03. The molecule has 0 bridgehead atoms. The second-order valence-corrected chi connectivity index (χ2v) is 8.60. The molecule has 2 aromatic heterocycles. The highest BCUT2D eigenvalue weighted by molar-refractivity contribution is 6.05. The van der Waals surface area contributed by atoms with E-state index in [2.05, 4.69) is 9.84 Å². The smallest absolute Gasteiger partial charge is 0.359 e. The predicted octanol–water partition coefficient (Wildman–Crippen LogP) is 0.583. The number of benzene rings is 2. The molecule has 4 aromatic rings. The molecular formula is C27H25N5O8. The minimum atomic E-state index is -1.14. The monoisotopic (exact) mass is 547 g/mol. The number of hydrogen-bond donors (Lipinski definition) is 1. The molecule has 0 spiro atoms. The molecule has 0 unspecified atom stereocenters. The van der Waals surface area contributed by atoms with Crippen molar-refractivity contribution in [1.82, 2.24) is 18.9 Å². The Balaban J connectivity index is 1.72. The first-order valence-corrected chi connectivity index (χ1v) is 12.1. The molecule has 0 aliphatic rings. The third-order valence-corrected chi connectivity index (χ3v) is 6.14. The molecule has 2 heterocycles. The van der Waals surface area contributed by atoms with Crippen LogP contribution in [-0.4, -0.2) is 50.4 Å². The number of anilines is 1. The SMILES string of the molecule is CCn1nc(C(=O)OCC(=O)c2c(N)n(Cc3ccccc3)c(=O)n(CC(=O)OC)c2=O)c2ccccc2c1=O. The summed E-state index contributed by atoms with van der Waals surface area (Å²) in [6.45, 7) is 0.0526. The molecule has 2 aromatic carbocycles. The highest BCUT2D eigenvalue weighted by atomic mass is 16.5. The van der Waals surface area contributed by atoms with Gasteiger partial charge in [0.15, 0.2) is 12.3 Å². The lowest BCUT2D eigenvalue weighted by Crippen LogP contribution is -2.46. The Morgan fingerprint density at radius 2 is 1.55 bits per heavy atom. The second kappa shape index (κ2) is 11.6. The molecule has 0 amide bonds. The number of esters is 2. The molecule has 40 heavy (non-hydrogen) atoms. The number of carbonyl (C=O) groups is 3. The summed E-state index contributed by atoms with van der Waals surface area (Å²) in [4.78, 5) is 77.0. The van der Waals surface area contributed by atoms with Crippen LogP contribution in [-0.2, 0) is 33.9 Å². The first kappa shape index (κ1) is 27.7. The van der Waals surface area contributed by atoms with E-state index in [4.69, 9.17) is 10.5 Å². The quantitative estimate of drug-likeness (QED) is 0.231. The second-order valence-electron chi connectivity index (χ2n) is 8.60. The van der Waals surface area contributed by atoms with E-state index >= 15 is 0 Å². The summed E-state index contributed by atoms with van der Waals surface area (Å²) in [5.41, 5.74) is 3.47. The van der Waals surface area contributed by atoms with Crippen molar-refractivity contribution in [3.63, 3.8) is 0 Å². The highest BCUT2D eigenvalue weighted by Gasteiger charge is 2.26. The largest absolute Gasteiger partial charge is 0.468 e. The number of nitrogen functional groups attached to an aromatic ring is 1. The van der Waals surface area contributed by atoms with Gasteiger partial charge >= 0.3 is 17.6 Å². The molecule has 13 nitrogen and oxygen atoms in total. The predicted molar refractivity (Wildman–Crippen MR) is 143 cm³/mol. The van der Waals surface area contributed by atoms with Gasteiger partial charge in [0.05, 0.1) is 19.0 Å². The topological polar surface area (TPSA) is 175 Å². The number of ketones is 1. The van der Waals surface area contributed by atoms with Gasteiger partial charge in [-0.05, 0) is 18.6 Å². The van der Waals surface area contributed by atoms with Gasteiger partial charge in [0, 0.05) is 11.9 Å². The van der Waals surface area contributed by atoms with Crippen molar-refractivity contribution in [2.45, 2.75) is 26.6 Å². The Hall–Kier alpha value is -5.33. The molecule has 0 radical (unpaired) electrons. The van der Waals surface area contributed by atoms with Crippen LogP contribution in [0.25, 0.3) is 10.8 Å². The number of nitrogens with zero attached hydrogens (tertiary/aromatic N) is 4. The van der Waals surface area contributed by atoms with E-state index in [1.54, 1.807) is 49.4 Å². The minimum Gasteiger partial charge on any atom is -0.468 e. The summed E-state index contributed by atoms with van der Waals surface area (Å²) in [7, 11) is 1.08. The number of fused-ring (bicyclic) bond motifs is 1. The van der Waals surface area contributed by atoms with Gasteiger partial charge in [0.2, 0.25) is 5.78 Å². The van der Waals surface area contributed by atoms with Crippen LogP contribution in [0.1, 0.15) is 33.3 Å². The summed E-state index contributed by atoms with van der Waals surface area (Å²) in [5, 5.41) is 4.53. The number of hydrogen-bond acceptors (Lipinski definition) is 10. The number of rotatable bonds is 9. The molecular weight excluding hydrogens is 522 g/mol. The lowest BCUT2D eigenvalue weighted by atomic mass is 10.1. The molecule has 206 valence electrons. The van der Waals surface area contributed by atoms with Gasteiger partial charge in [-0.25, -0.2) is 18.8 Å². The van der Waals surface area contributed by atoms with Crippen LogP contribution in [0.3, 0.4) is 0 Å². The molecule has 0 aliphatic carbocycles. The van der Waals surface area contributed by atoms with E-state index in [1.807, 2.05) is 0 Å². The van der Waals surface area contributed by atoms with Crippen molar-refractivity contribution in [3.05, 3.63) is 103 Å². The first-order chi connectivity index (χ1) is 19.2. The van der Waals surface area contributed by atoms with Crippen LogP contribution in [0, 0.1) is 0 Å². The summed E-state index contributed by atoms with van der Waals surface area (Å²) >= 11 is 0. The van der Waals surface area contributed by atoms with Crippen LogP contribution in [0.4, 0.5) is 5.82 Å². The van der Waals surface area contributed by atoms with Crippen LogP contribution in [0.2, 0.25) is 0 Å². The van der Waals surface area contributed by atoms with Crippen molar-refractivity contribution in [2.75, 3.05) is 19.5 Å². The van der Waals surface area contributed by atoms with Gasteiger partial charge in [-0.15, -0.1) is 0 Å². The minimum absolute atomic E-state index is 0.110. The fraction of sp³-hybridized carbons (Fsp3) is 0.222. The molecule has 4 rings (SSSR count). The number of aromatic nitrogens is 4. The summed E-state index contributed by atoms with van der Waals surface area (Å²) < 4.78 is 12.4. The van der Waals surface area contributed by atoms with Crippen LogP contribution in [0.15, 0.2) is 69.0 Å². The van der Waals surface area contributed by atoms with E-state index in [9.17, 15) is 28.8 Å². The molecule has 2 N–H and O–H groups in total. The standard InChI is InChI=1S/C27H25N5O8/c1-3-32-24(35)18-12-8-7-11-17(18)22(29-32)26(37)40-15-19(33)21-23(28)30(13-16-9-5-4-6-10-16)27(38)31(25(21)36)14-20(34)39-2/h4-12H,3,13-15,28H2,1-2H3. The Bertz CT molecular complexity index is 1800. The first-order valence-electron chi connectivity index (χ1n) is 12.1. The fourth-order valence-electron chi connectivity index (χ4n) is 4.10. The Morgan fingerprint density at radius 3 is 2.20 bits per heavy atom. The van der Waals surface area contributed by atoms with Crippen molar-refractivity contribution in [2.24, 2.45) is 0 Å². The van der Waals surface area contributed by atoms with Gasteiger partial charge in [-0.3, -0.25) is 23.7 Å². The molecule has 0 aliphatic heterocycles. The number of aryl methyl sites for hydroxylation is 1. The lowest BCUT2D eigenvalue weighted by Gasteiger charge is -2.16. The zero-order chi connectivity index (χ0) is 29.0. The number of Topliss-reactive ketones (excluding diaryl/α,β-unsaturated/α-hetero) is 1. The Morgan fingerprint density at radius 1 is 0.900 bits per heavy atom. The zero-order valence-electron chi connectivity index (χ0n) is 21.7. The Labute approximate surface area is 226 Å². The van der Waals surface area contributed by atoms with Gasteiger partial charge in [-0.1, -0.05) is 48.5 Å². The zero-order valence-corrected chi connectivity index (χ0v) is 21.7. The third kappa shape index (κ3) is 5.29. The van der Waals surface area contributed by atoms with E-state index in [0.29, 0.717) is 10.1 Å². The van der Waals surface area contributed by atoms with Crippen LogP contribution < -0.4 is 22.5 Å². The van der Waals surface area contributed by atoms with Crippen LogP contribution in [0.5, 0.6) is 0 Å². The van der Waals surface area contributed by atoms with E-state index < -0.39 is 59.1 Å². The normalized spacial score (nSPS) is 10.8. The molecule has 0 saturated carbocycles. The number of methoxy groups -OCH3 is 1. The summed E-state index contributed by atoms with van der Waals surface area (Å²) in [6, 6.07) is 14.9. The molecule has 13 heteroatoms.